The van der Waals surface area contributed by atoms with E-state index in [9.17, 15) is 14.3 Å². The number of esters is 1. The van der Waals surface area contributed by atoms with Gasteiger partial charge in [0.15, 0.2) is 0 Å². The number of quaternary nitrogens is 1. The molecule has 2 atom stereocenters. The molecular weight excluding hydrogens is 734 g/mol. The van der Waals surface area contributed by atoms with Gasteiger partial charge in [-0.3, -0.25) is 13.8 Å². The van der Waals surface area contributed by atoms with E-state index in [0.717, 1.165) is 32.1 Å². The van der Waals surface area contributed by atoms with Crippen molar-refractivity contribution in [3.05, 3.63) is 0 Å². The molecule has 1 unspecified atom stereocenters. The minimum absolute atomic E-state index is 0.0940. The Morgan fingerprint density at radius 3 is 1.16 bits per heavy atom. The quantitative estimate of drug-likeness (QED) is 0.0283. The number of carbonyl (C=O) groups is 1. The number of carbonyl (C=O) groups excluding carboxylic acids is 1. The molecule has 0 aliphatic rings. The molecule has 8 nitrogen and oxygen atoms in total. The maximum Gasteiger partial charge on any atom is 0.472 e. The lowest BCUT2D eigenvalue weighted by Gasteiger charge is -2.24. The minimum Gasteiger partial charge on any atom is -0.457 e. The Balaban J connectivity index is 4.03. The summed E-state index contributed by atoms with van der Waals surface area (Å²) in [5.41, 5.74) is 0. The molecule has 0 fully saturated rings. The van der Waals surface area contributed by atoms with Gasteiger partial charge in [-0.25, -0.2) is 4.57 Å². The smallest absolute Gasteiger partial charge is 0.457 e. The van der Waals surface area contributed by atoms with Crippen LogP contribution in [0.3, 0.4) is 0 Å². The van der Waals surface area contributed by atoms with Gasteiger partial charge in [0.2, 0.25) is 0 Å². The first kappa shape index (κ1) is 56.5. The van der Waals surface area contributed by atoms with Gasteiger partial charge >= 0.3 is 13.8 Å². The first-order chi connectivity index (χ1) is 27.6. The second-order valence-electron chi connectivity index (χ2n) is 18.2. The highest BCUT2D eigenvalue weighted by Crippen LogP contribution is 2.43. The number of ether oxygens (including phenoxy) is 2. The first-order valence-electron chi connectivity index (χ1n) is 24.8. The topological polar surface area (TPSA) is 91.3 Å². The summed E-state index contributed by atoms with van der Waals surface area (Å²) in [6.07, 6.45) is 45.7. The molecule has 0 aliphatic carbocycles. The van der Waals surface area contributed by atoms with Crippen LogP contribution in [0.1, 0.15) is 245 Å². The van der Waals surface area contributed by atoms with Crippen molar-refractivity contribution in [2.75, 3.05) is 54.1 Å². The minimum atomic E-state index is -4.27. The Morgan fingerprint density at radius 2 is 0.807 bits per heavy atom. The van der Waals surface area contributed by atoms with Crippen LogP contribution in [0, 0.1) is 0 Å². The molecule has 57 heavy (non-hydrogen) atoms. The van der Waals surface area contributed by atoms with Crippen LogP contribution in [-0.4, -0.2) is 75.6 Å². The normalized spacial score (nSPS) is 13.6. The van der Waals surface area contributed by atoms with E-state index in [2.05, 4.69) is 13.8 Å². The van der Waals surface area contributed by atoms with Gasteiger partial charge in [-0.15, -0.1) is 0 Å². The molecule has 0 radical (unpaired) electrons. The number of phosphoric ester groups is 1. The monoisotopic (exact) mass is 833 g/mol. The van der Waals surface area contributed by atoms with E-state index in [1.165, 1.54) is 193 Å². The lowest BCUT2D eigenvalue weighted by atomic mass is 10.0. The number of unbranched alkanes of at least 4 members (excludes halogenated alkanes) is 33. The largest absolute Gasteiger partial charge is 0.472 e. The average Bonchev–Trinajstić information content (AvgIpc) is 3.16. The third kappa shape index (κ3) is 46.4. The summed E-state index contributed by atoms with van der Waals surface area (Å²) in [7, 11) is 1.69. The van der Waals surface area contributed by atoms with Crippen molar-refractivity contribution in [2.45, 2.75) is 251 Å². The van der Waals surface area contributed by atoms with Gasteiger partial charge in [-0.2, -0.15) is 0 Å². The number of hydrogen-bond acceptors (Lipinski definition) is 6. The van der Waals surface area contributed by atoms with E-state index in [-0.39, 0.29) is 25.8 Å². The van der Waals surface area contributed by atoms with Gasteiger partial charge in [0, 0.05) is 13.0 Å². The predicted molar refractivity (Wildman–Crippen MR) is 243 cm³/mol. The van der Waals surface area contributed by atoms with Gasteiger partial charge in [0.1, 0.15) is 19.3 Å². The van der Waals surface area contributed by atoms with Crippen LogP contribution in [-0.2, 0) is 27.9 Å². The zero-order valence-corrected chi connectivity index (χ0v) is 39.8. The van der Waals surface area contributed by atoms with Crippen LogP contribution in [0.25, 0.3) is 0 Å². The van der Waals surface area contributed by atoms with Crippen molar-refractivity contribution in [2.24, 2.45) is 0 Å². The third-order valence-corrected chi connectivity index (χ3v) is 12.2. The fraction of sp³-hybridized carbons (Fsp3) is 0.979. The Hall–Kier alpha value is -0.500. The molecule has 0 saturated carbocycles. The fourth-order valence-corrected chi connectivity index (χ4v) is 8.06. The molecule has 342 valence electrons. The number of rotatable bonds is 47. The van der Waals surface area contributed by atoms with Gasteiger partial charge in [-0.05, 0) is 12.8 Å². The van der Waals surface area contributed by atoms with E-state index in [0.29, 0.717) is 24.1 Å². The molecule has 0 aromatic heterocycles. The molecule has 0 spiro atoms. The Labute approximate surface area is 355 Å². The Kier molecular flexibility index (Phi) is 41.8. The maximum absolute atomic E-state index is 12.7. The summed E-state index contributed by atoms with van der Waals surface area (Å²) in [6, 6.07) is 0. The molecule has 0 amide bonds. The van der Waals surface area contributed by atoms with Gasteiger partial charge in [0.25, 0.3) is 0 Å². The lowest BCUT2D eigenvalue weighted by molar-refractivity contribution is -0.870. The van der Waals surface area contributed by atoms with E-state index in [1.807, 2.05) is 21.1 Å². The second kappa shape index (κ2) is 42.2. The van der Waals surface area contributed by atoms with Crippen LogP contribution >= 0.6 is 7.82 Å². The highest BCUT2D eigenvalue weighted by molar-refractivity contribution is 7.47. The van der Waals surface area contributed by atoms with Crippen molar-refractivity contribution in [1.82, 2.24) is 0 Å². The van der Waals surface area contributed by atoms with Gasteiger partial charge in [-0.1, -0.05) is 226 Å². The summed E-state index contributed by atoms with van der Waals surface area (Å²) in [4.78, 5) is 22.9. The van der Waals surface area contributed by atoms with Crippen molar-refractivity contribution >= 4 is 13.8 Å². The van der Waals surface area contributed by atoms with Crippen molar-refractivity contribution in [1.29, 1.82) is 0 Å². The molecule has 1 N–H and O–H groups in total. The molecule has 0 bridgehead atoms. The Bertz CT molecular complexity index is 883. The Morgan fingerprint density at radius 1 is 0.474 bits per heavy atom. The van der Waals surface area contributed by atoms with E-state index >= 15 is 0 Å². The zero-order valence-electron chi connectivity index (χ0n) is 38.9. The number of likely N-dealkylation sites (N-methyl/N-ethyl adjacent to an activating group) is 1. The average molecular weight is 833 g/mol. The van der Waals surface area contributed by atoms with E-state index in [4.69, 9.17) is 18.5 Å². The third-order valence-electron chi connectivity index (χ3n) is 11.2. The maximum atomic E-state index is 12.7. The zero-order chi connectivity index (χ0) is 42.0. The standard InChI is InChI=1S/C48H98NO7P/c1-6-8-10-12-14-16-18-20-21-22-23-24-25-26-27-28-29-30-31-33-35-37-39-41-48(50)56-47(46-55-57(51,52)54-44-42-49(3,4)5)45-53-43-40-38-36-34-32-19-17-15-13-11-9-7-2/h47H,6-46H2,1-5H3/p+1/t47-/m1/s1. The SMILES string of the molecule is CCCCCCCCCCCCCCCCCCCCCCCCCC(=O)O[C@H](COCCCCCCCCCCCCCC)COP(=O)(O)OCC[N+](C)(C)C. The molecular formula is C48H99NO7P+. The molecule has 0 aromatic carbocycles. The molecule has 0 rings (SSSR count). The van der Waals surface area contributed by atoms with Crippen molar-refractivity contribution in [3.63, 3.8) is 0 Å². The van der Waals surface area contributed by atoms with Crippen LogP contribution < -0.4 is 0 Å². The van der Waals surface area contributed by atoms with Crippen molar-refractivity contribution < 1.29 is 37.3 Å². The summed E-state index contributed by atoms with van der Waals surface area (Å²) in [6.45, 7) is 5.69. The predicted octanol–water partition coefficient (Wildman–Crippen LogP) is 14.8. The van der Waals surface area contributed by atoms with Crippen LogP contribution in [0.5, 0.6) is 0 Å². The summed E-state index contributed by atoms with van der Waals surface area (Å²) < 4.78 is 35.1. The summed E-state index contributed by atoms with van der Waals surface area (Å²) in [5.74, 6) is -0.306. The number of phosphoric acid groups is 1. The van der Waals surface area contributed by atoms with Crippen LogP contribution in [0.2, 0.25) is 0 Å². The molecule has 0 aromatic rings. The highest BCUT2D eigenvalue weighted by Gasteiger charge is 2.26. The van der Waals surface area contributed by atoms with Crippen molar-refractivity contribution in [3.8, 4) is 0 Å². The molecule has 0 heterocycles. The highest BCUT2D eigenvalue weighted by atomic mass is 31.2. The van der Waals surface area contributed by atoms with E-state index < -0.39 is 13.9 Å². The summed E-state index contributed by atoms with van der Waals surface area (Å²) in [5, 5.41) is 0. The van der Waals surface area contributed by atoms with Crippen LogP contribution in [0.15, 0.2) is 0 Å². The number of nitrogens with zero attached hydrogens (tertiary/aromatic N) is 1. The first-order valence-corrected chi connectivity index (χ1v) is 26.3. The lowest BCUT2D eigenvalue weighted by Crippen LogP contribution is -2.37. The fourth-order valence-electron chi connectivity index (χ4n) is 7.32. The second-order valence-corrected chi connectivity index (χ2v) is 19.7. The van der Waals surface area contributed by atoms with Gasteiger partial charge < -0.3 is 18.9 Å². The van der Waals surface area contributed by atoms with Crippen LogP contribution in [0.4, 0.5) is 0 Å². The molecule has 0 aliphatic heterocycles. The van der Waals surface area contributed by atoms with E-state index in [1.54, 1.807) is 0 Å². The molecule has 0 saturated heterocycles. The number of hydrogen-bond donors (Lipinski definition) is 1. The molecule has 9 heteroatoms. The summed E-state index contributed by atoms with van der Waals surface area (Å²) >= 11 is 0. The van der Waals surface area contributed by atoms with Gasteiger partial charge in [0.05, 0.1) is 34.4 Å².